The standard InChI is InChI=1S/C13H17N3O2/c1-18-8-4-5-9-11(7-8)15-13(17)16-12(9)10-3-2-6-14-10/h4-5,7,10,12,14H,2-3,6H2,1H3,(H2,15,16,17). The van der Waals surface area contributed by atoms with Gasteiger partial charge in [0.1, 0.15) is 5.75 Å². The van der Waals surface area contributed by atoms with Crippen LogP contribution in [-0.2, 0) is 0 Å². The molecule has 5 heteroatoms. The van der Waals surface area contributed by atoms with E-state index >= 15 is 0 Å². The van der Waals surface area contributed by atoms with Crippen molar-refractivity contribution < 1.29 is 9.53 Å². The van der Waals surface area contributed by atoms with Crippen molar-refractivity contribution in [1.82, 2.24) is 10.6 Å². The first-order valence-corrected chi connectivity index (χ1v) is 6.27. The highest BCUT2D eigenvalue weighted by molar-refractivity contribution is 5.93. The number of benzene rings is 1. The zero-order chi connectivity index (χ0) is 12.5. The van der Waals surface area contributed by atoms with Gasteiger partial charge in [-0.3, -0.25) is 0 Å². The van der Waals surface area contributed by atoms with E-state index in [1.165, 1.54) is 0 Å². The first-order valence-electron chi connectivity index (χ1n) is 6.27. The van der Waals surface area contributed by atoms with Gasteiger partial charge in [-0.15, -0.1) is 0 Å². The van der Waals surface area contributed by atoms with Crippen molar-refractivity contribution in [3.63, 3.8) is 0 Å². The van der Waals surface area contributed by atoms with Gasteiger partial charge in [-0.2, -0.15) is 0 Å². The van der Waals surface area contributed by atoms with Crippen molar-refractivity contribution in [2.45, 2.75) is 24.9 Å². The minimum absolute atomic E-state index is 0.0437. The highest BCUT2D eigenvalue weighted by Crippen LogP contribution is 2.34. The molecule has 2 amide bonds. The molecule has 3 rings (SSSR count). The summed E-state index contributed by atoms with van der Waals surface area (Å²) in [4.78, 5) is 11.7. The number of fused-ring (bicyclic) bond motifs is 1. The van der Waals surface area contributed by atoms with Gasteiger partial charge in [0.2, 0.25) is 0 Å². The Morgan fingerprint density at radius 3 is 3.00 bits per heavy atom. The van der Waals surface area contributed by atoms with E-state index in [4.69, 9.17) is 4.74 Å². The van der Waals surface area contributed by atoms with Gasteiger partial charge in [-0.1, -0.05) is 6.07 Å². The van der Waals surface area contributed by atoms with Gasteiger partial charge in [0.25, 0.3) is 0 Å². The fraction of sp³-hybridized carbons (Fsp3) is 0.462. The van der Waals surface area contributed by atoms with Gasteiger partial charge >= 0.3 is 6.03 Å². The Kier molecular flexibility index (Phi) is 2.83. The molecule has 0 aliphatic carbocycles. The Hall–Kier alpha value is -1.75. The molecule has 2 aliphatic rings. The fourth-order valence-electron chi connectivity index (χ4n) is 2.73. The zero-order valence-corrected chi connectivity index (χ0v) is 10.3. The molecule has 5 nitrogen and oxygen atoms in total. The molecule has 0 bridgehead atoms. The molecule has 0 saturated carbocycles. The van der Waals surface area contributed by atoms with E-state index in [-0.39, 0.29) is 12.1 Å². The summed E-state index contributed by atoms with van der Waals surface area (Å²) in [6.07, 6.45) is 2.26. The lowest BCUT2D eigenvalue weighted by Crippen LogP contribution is -2.46. The van der Waals surface area contributed by atoms with Crippen LogP contribution in [0.15, 0.2) is 18.2 Å². The van der Waals surface area contributed by atoms with E-state index in [0.29, 0.717) is 6.04 Å². The molecule has 3 N–H and O–H groups in total. The minimum Gasteiger partial charge on any atom is -0.497 e. The third kappa shape index (κ3) is 1.90. The van der Waals surface area contributed by atoms with Gasteiger partial charge in [0.15, 0.2) is 0 Å². The predicted molar refractivity (Wildman–Crippen MR) is 68.9 cm³/mol. The number of carbonyl (C=O) groups is 1. The second kappa shape index (κ2) is 4.49. The number of urea groups is 1. The van der Waals surface area contributed by atoms with E-state index in [1.807, 2.05) is 18.2 Å². The van der Waals surface area contributed by atoms with Crippen LogP contribution in [0.5, 0.6) is 5.75 Å². The number of methoxy groups -OCH3 is 1. The molecule has 2 atom stereocenters. The van der Waals surface area contributed by atoms with Crippen LogP contribution in [0.2, 0.25) is 0 Å². The molecule has 1 fully saturated rings. The Morgan fingerprint density at radius 2 is 2.28 bits per heavy atom. The number of nitrogens with one attached hydrogen (secondary N) is 3. The summed E-state index contributed by atoms with van der Waals surface area (Å²) in [7, 11) is 1.63. The molecule has 1 aromatic carbocycles. The Balaban J connectivity index is 1.96. The van der Waals surface area contributed by atoms with Gasteiger partial charge in [0, 0.05) is 12.1 Å². The SMILES string of the molecule is COc1ccc2c(c1)NC(=O)NC2C1CCCN1. The monoisotopic (exact) mass is 247 g/mol. The number of anilines is 1. The summed E-state index contributed by atoms with van der Waals surface area (Å²) in [5.74, 6) is 0.758. The first kappa shape index (κ1) is 11.3. The van der Waals surface area contributed by atoms with Crippen LogP contribution in [0.3, 0.4) is 0 Å². The maximum Gasteiger partial charge on any atom is 0.319 e. The van der Waals surface area contributed by atoms with Crippen molar-refractivity contribution >= 4 is 11.7 Å². The van der Waals surface area contributed by atoms with Crippen LogP contribution in [0, 0.1) is 0 Å². The number of amides is 2. The number of rotatable bonds is 2. The van der Waals surface area contributed by atoms with Crippen molar-refractivity contribution in [3.05, 3.63) is 23.8 Å². The fourth-order valence-corrected chi connectivity index (χ4v) is 2.73. The maximum absolute atomic E-state index is 11.7. The smallest absolute Gasteiger partial charge is 0.319 e. The van der Waals surface area contributed by atoms with Gasteiger partial charge < -0.3 is 20.7 Å². The average Bonchev–Trinajstić information content (AvgIpc) is 2.90. The quantitative estimate of drug-likeness (QED) is 0.744. The number of hydrogen-bond acceptors (Lipinski definition) is 3. The van der Waals surface area contributed by atoms with Crippen LogP contribution in [0.1, 0.15) is 24.4 Å². The second-order valence-electron chi connectivity index (χ2n) is 4.73. The summed E-state index contributed by atoms with van der Waals surface area (Å²) in [5.41, 5.74) is 1.96. The average molecular weight is 247 g/mol. The van der Waals surface area contributed by atoms with Gasteiger partial charge in [-0.05, 0) is 31.0 Å². The lowest BCUT2D eigenvalue weighted by Gasteiger charge is -2.31. The third-order valence-corrected chi connectivity index (χ3v) is 3.63. The van der Waals surface area contributed by atoms with Crippen LogP contribution in [0.25, 0.3) is 0 Å². The van der Waals surface area contributed by atoms with Crippen molar-refractivity contribution in [2.24, 2.45) is 0 Å². The van der Waals surface area contributed by atoms with Crippen LogP contribution >= 0.6 is 0 Å². The van der Waals surface area contributed by atoms with Crippen LogP contribution in [-0.4, -0.2) is 25.7 Å². The summed E-state index contributed by atoms with van der Waals surface area (Å²) in [5, 5.41) is 9.27. The Bertz CT molecular complexity index is 469. The highest BCUT2D eigenvalue weighted by atomic mass is 16.5. The molecule has 2 unspecified atom stereocenters. The van der Waals surface area contributed by atoms with Crippen molar-refractivity contribution in [3.8, 4) is 5.75 Å². The number of hydrogen-bond donors (Lipinski definition) is 3. The Morgan fingerprint density at radius 1 is 1.39 bits per heavy atom. The van der Waals surface area contributed by atoms with E-state index < -0.39 is 0 Å². The topological polar surface area (TPSA) is 62.4 Å². The van der Waals surface area contributed by atoms with E-state index in [0.717, 1.165) is 36.4 Å². The van der Waals surface area contributed by atoms with Crippen molar-refractivity contribution in [2.75, 3.05) is 19.0 Å². The van der Waals surface area contributed by atoms with Gasteiger partial charge in [-0.25, -0.2) is 4.79 Å². The Labute approximate surface area is 106 Å². The molecule has 2 heterocycles. The maximum atomic E-state index is 11.7. The molecular weight excluding hydrogens is 230 g/mol. The van der Waals surface area contributed by atoms with Gasteiger partial charge in [0.05, 0.1) is 18.8 Å². The van der Waals surface area contributed by atoms with Crippen molar-refractivity contribution in [1.29, 1.82) is 0 Å². The van der Waals surface area contributed by atoms with Crippen LogP contribution in [0.4, 0.5) is 10.5 Å². The summed E-state index contributed by atoms with van der Waals surface area (Å²) in [6, 6.07) is 6.04. The predicted octanol–water partition coefficient (Wildman–Crippen LogP) is 1.62. The molecule has 1 aromatic rings. The largest absolute Gasteiger partial charge is 0.497 e. The zero-order valence-electron chi connectivity index (χ0n) is 10.3. The number of carbonyl (C=O) groups excluding carboxylic acids is 1. The number of ether oxygens (including phenoxy) is 1. The lowest BCUT2D eigenvalue weighted by atomic mass is 9.95. The van der Waals surface area contributed by atoms with E-state index in [2.05, 4.69) is 16.0 Å². The van der Waals surface area contributed by atoms with E-state index in [9.17, 15) is 4.79 Å². The first-order chi connectivity index (χ1) is 8.78. The third-order valence-electron chi connectivity index (χ3n) is 3.63. The molecule has 18 heavy (non-hydrogen) atoms. The molecule has 0 spiro atoms. The second-order valence-corrected chi connectivity index (χ2v) is 4.73. The molecule has 0 radical (unpaired) electrons. The lowest BCUT2D eigenvalue weighted by molar-refractivity contribution is 0.243. The minimum atomic E-state index is -0.144. The summed E-state index contributed by atoms with van der Waals surface area (Å²) >= 11 is 0. The molecule has 96 valence electrons. The summed E-state index contributed by atoms with van der Waals surface area (Å²) in [6.45, 7) is 1.02. The molecular formula is C13H17N3O2. The van der Waals surface area contributed by atoms with Crippen LogP contribution < -0.4 is 20.7 Å². The highest BCUT2D eigenvalue weighted by Gasteiger charge is 2.32. The summed E-state index contributed by atoms with van der Waals surface area (Å²) < 4.78 is 5.19. The van der Waals surface area contributed by atoms with E-state index in [1.54, 1.807) is 7.11 Å². The molecule has 0 aromatic heterocycles. The molecule has 1 saturated heterocycles. The molecule has 2 aliphatic heterocycles. The normalized spacial score (nSPS) is 26.2.